The minimum atomic E-state index is -1.19. The SMILES string of the molecule is CO[C@H]1OC[C@H](O)[C@H](O)[C@@H]1O. The Morgan fingerprint density at radius 3 is 2.45 bits per heavy atom. The molecule has 0 aromatic carbocycles. The van der Waals surface area contributed by atoms with Gasteiger partial charge >= 0.3 is 0 Å². The van der Waals surface area contributed by atoms with E-state index in [0.717, 1.165) is 0 Å². The van der Waals surface area contributed by atoms with E-state index in [1.807, 2.05) is 0 Å². The second-order valence-electron chi connectivity index (χ2n) is 2.49. The van der Waals surface area contributed by atoms with Gasteiger partial charge in [-0.25, -0.2) is 0 Å². The molecule has 1 rings (SSSR count). The minimum absolute atomic E-state index is 0.0171. The fourth-order valence-electron chi connectivity index (χ4n) is 0.987. The summed E-state index contributed by atoms with van der Waals surface area (Å²) in [7, 11) is 1.36. The van der Waals surface area contributed by atoms with Gasteiger partial charge in [-0.2, -0.15) is 0 Å². The largest absolute Gasteiger partial charge is 0.388 e. The van der Waals surface area contributed by atoms with Gasteiger partial charge in [0.2, 0.25) is 0 Å². The Balaban J connectivity index is 2.52. The zero-order valence-electron chi connectivity index (χ0n) is 6.17. The Morgan fingerprint density at radius 1 is 1.27 bits per heavy atom. The van der Waals surface area contributed by atoms with Crippen LogP contribution in [0.4, 0.5) is 0 Å². The highest BCUT2D eigenvalue weighted by Crippen LogP contribution is 2.15. The zero-order chi connectivity index (χ0) is 8.43. The maximum absolute atomic E-state index is 9.15. The Hall–Kier alpha value is -0.200. The second-order valence-corrected chi connectivity index (χ2v) is 2.49. The van der Waals surface area contributed by atoms with Gasteiger partial charge in [-0.05, 0) is 0 Å². The van der Waals surface area contributed by atoms with Gasteiger partial charge in [0.15, 0.2) is 6.29 Å². The average Bonchev–Trinajstić information content (AvgIpc) is 2.01. The highest BCUT2D eigenvalue weighted by Gasteiger charge is 2.37. The fourth-order valence-corrected chi connectivity index (χ4v) is 0.987. The molecule has 5 heteroatoms. The lowest BCUT2D eigenvalue weighted by molar-refractivity contribution is -0.261. The zero-order valence-corrected chi connectivity index (χ0v) is 6.17. The summed E-state index contributed by atoms with van der Waals surface area (Å²) in [6.45, 7) is -0.0171. The van der Waals surface area contributed by atoms with Crippen LogP contribution in [-0.2, 0) is 9.47 Å². The van der Waals surface area contributed by atoms with Crippen molar-refractivity contribution < 1.29 is 24.8 Å². The van der Waals surface area contributed by atoms with Crippen molar-refractivity contribution in [2.75, 3.05) is 13.7 Å². The molecular weight excluding hydrogens is 152 g/mol. The maximum Gasteiger partial charge on any atom is 0.185 e. The molecule has 1 aliphatic heterocycles. The molecule has 3 N–H and O–H groups in total. The van der Waals surface area contributed by atoms with Gasteiger partial charge < -0.3 is 24.8 Å². The van der Waals surface area contributed by atoms with Crippen molar-refractivity contribution in [3.8, 4) is 0 Å². The summed E-state index contributed by atoms with van der Waals surface area (Å²) < 4.78 is 9.52. The molecule has 4 atom stereocenters. The molecule has 0 aromatic heterocycles. The molecule has 0 aliphatic carbocycles. The third-order valence-electron chi connectivity index (χ3n) is 1.69. The van der Waals surface area contributed by atoms with Gasteiger partial charge in [0.1, 0.15) is 18.3 Å². The van der Waals surface area contributed by atoms with Crippen molar-refractivity contribution in [2.24, 2.45) is 0 Å². The molecule has 0 amide bonds. The lowest BCUT2D eigenvalue weighted by Gasteiger charge is -2.33. The lowest BCUT2D eigenvalue weighted by atomic mass is 10.1. The number of hydrogen-bond acceptors (Lipinski definition) is 5. The standard InChI is InChI=1S/C6H12O5/c1-10-6-5(9)4(8)3(7)2-11-6/h3-9H,2H2,1H3/t3-,4-,5-,6-/m0/s1. The van der Waals surface area contributed by atoms with Crippen LogP contribution in [0.15, 0.2) is 0 Å². The summed E-state index contributed by atoms with van der Waals surface area (Å²) in [5, 5.41) is 27.2. The van der Waals surface area contributed by atoms with Crippen LogP contribution < -0.4 is 0 Å². The average molecular weight is 164 g/mol. The molecule has 0 bridgehead atoms. The number of hydrogen-bond donors (Lipinski definition) is 3. The van der Waals surface area contributed by atoms with Gasteiger partial charge in [-0.15, -0.1) is 0 Å². The summed E-state index contributed by atoms with van der Waals surface area (Å²) in [5.41, 5.74) is 0. The van der Waals surface area contributed by atoms with Gasteiger partial charge in [0, 0.05) is 7.11 Å². The van der Waals surface area contributed by atoms with E-state index in [4.69, 9.17) is 20.1 Å². The molecule has 5 nitrogen and oxygen atoms in total. The van der Waals surface area contributed by atoms with Crippen LogP contribution in [-0.4, -0.2) is 53.6 Å². The first-order chi connectivity index (χ1) is 5.16. The highest BCUT2D eigenvalue weighted by molar-refractivity contribution is 4.81. The Morgan fingerprint density at radius 2 is 1.91 bits per heavy atom. The molecule has 11 heavy (non-hydrogen) atoms. The third-order valence-corrected chi connectivity index (χ3v) is 1.69. The van der Waals surface area contributed by atoms with Crippen molar-refractivity contribution in [1.82, 2.24) is 0 Å². The van der Waals surface area contributed by atoms with E-state index in [1.165, 1.54) is 7.11 Å². The first-order valence-electron chi connectivity index (χ1n) is 3.35. The maximum atomic E-state index is 9.15. The summed E-state index contributed by atoms with van der Waals surface area (Å²) >= 11 is 0. The van der Waals surface area contributed by atoms with Gasteiger partial charge in [0.05, 0.1) is 6.61 Å². The van der Waals surface area contributed by atoms with E-state index in [1.54, 1.807) is 0 Å². The molecule has 0 spiro atoms. The third kappa shape index (κ3) is 1.69. The van der Waals surface area contributed by atoms with Crippen LogP contribution in [0.5, 0.6) is 0 Å². The topological polar surface area (TPSA) is 79.2 Å². The summed E-state index contributed by atoms with van der Waals surface area (Å²) in [4.78, 5) is 0. The number of aliphatic hydroxyl groups excluding tert-OH is 3. The van der Waals surface area contributed by atoms with E-state index in [-0.39, 0.29) is 6.61 Å². The highest BCUT2D eigenvalue weighted by atomic mass is 16.7. The van der Waals surface area contributed by atoms with Gasteiger partial charge in [-0.1, -0.05) is 0 Å². The Kier molecular flexibility index (Phi) is 2.80. The molecule has 1 saturated heterocycles. The molecule has 1 aliphatic rings. The minimum Gasteiger partial charge on any atom is -0.388 e. The summed E-state index contributed by atoms with van der Waals surface area (Å²) in [6.07, 6.45) is -4.23. The van der Waals surface area contributed by atoms with Crippen molar-refractivity contribution in [2.45, 2.75) is 24.6 Å². The van der Waals surface area contributed by atoms with Gasteiger partial charge in [0.25, 0.3) is 0 Å². The first-order valence-corrected chi connectivity index (χ1v) is 3.35. The molecule has 66 valence electrons. The van der Waals surface area contributed by atoms with Crippen molar-refractivity contribution >= 4 is 0 Å². The predicted octanol–water partition coefficient (Wildman–Crippen LogP) is -1.93. The number of aliphatic hydroxyl groups is 3. The number of rotatable bonds is 1. The molecule has 0 radical (unpaired) electrons. The quantitative estimate of drug-likeness (QED) is 0.420. The van der Waals surface area contributed by atoms with E-state index in [0.29, 0.717) is 0 Å². The Labute approximate surface area is 64.2 Å². The van der Waals surface area contributed by atoms with Crippen molar-refractivity contribution in [3.05, 3.63) is 0 Å². The monoisotopic (exact) mass is 164 g/mol. The second kappa shape index (κ2) is 3.46. The van der Waals surface area contributed by atoms with E-state index >= 15 is 0 Å². The fraction of sp³-hybridized carbons (Fsp3) is 1.00. The summed E-state index contributed by atoms with van der Waals surface area (Å²) in [5.74, 6) is 0. The van der Waals surface area contributed by atoms with Crippen LogP contribution in [0, 0.1) is 0 Å². The van der Waals surface area contributed by atoms with Crippen molar-refractivity contribution in [1.29, 1.82) is 0 Å². The van der Waals surface area contributed by atoms with E-state index < -0.39 is 24.6 Å². The smallest absolute Gasteiger partial charge is 0.185 e. The molecule has 0 aromatic rings. The molecule has 0 saturated carbocycles. The number of ether oxygens (including phenoxy) is 2. The van der Waals surface area contributed by atoms with Crippen molar-refractivity contribution in [3.63, 3.8) is 0 Å². The van der Waals surface area contributed by atoms with Crippen LogP contribution in [0.3, 0.4) is 0 Å². The van der Waals surface area contributed by atoms with Gasteiger partial charge in [-0.3, -0.25) is 0 Å². The first kappa shape index (κ1) is 8.89. The van der Waals surface area contributed by atoms with E-state index in [2.05, 4.69) is 4.74 Å². The van der Waals surface area contributed by atoms with Crippen LogP contribution in [0.2, 0.25) is 0 Å². The Bertz CT molecular complexity index is 126. The predicted molar refractivity (Wildman–Crippen MR) is 34.8 cm³/mol. The van der Waals surface area contributed by atoms with Crippen LogP contribution in [0.1, 0.15) is 0 Å². The molecule has 1 heterocycles. The molecular formula is C6H12O5. The molecule has 0 unspecified atom stereocenters. The molecule has 1 fully saturated rings. The number of methoxy groups -OCH3 is 1. The lowest BCUT2D eigenvalue weighted by Crippen LogP contribution is -2.53. The van der Waals surface area contributed by atoms with Crippen LogP contribution in [0.25, 0.3) is 0 Å². The van der Waals surface area contributed by atoms with E-state index in [9.17, 15) is 0 Å². The summed E-state index contributed by atoms with van der Waals surface area (Å²) in [6, 6.07) is 0. The normalized spacial score (nSPS) is 45.8. The van der Waals surface area contributed by atoms with Crippen LogP contribution >= 0.6 is 0 Å².